The van der Waals surface area contributed by atoms with Gasteiger partial charge in [0, 0.05) is 6.08 Å². The molecule has 0 amide bonds. The third-order valence-electron chi connectivity index (χ3n) is 1.48. The standard InChI is InChI=1S/C8H6N4/c1-5-6-11-7(9-2)8(10-3)12(6)4/h5H,1H2,4H3. The topological polar surface area (TPSA) is 26.5 Å². The van der Waals surface area contributed by atoms with Crippen molar-refractivity contribution in [2.45, 2.75) is 0 Å². The van der Waals surface area contributed by atoms with Crippen LogP contribution in [0.2, 0.25) is 0 Å². The van der Waals surface area contributed by atoms with Crippen molar-refractivity contribution < 1.29 is 0 Å². The van der Waals surface area contributed by atoms with Crippen molar-refractivity contribution in [3.05, 3.63) is 35.2 Å². The maximum Gasteiger partial charge on any atom is 0.293 e. The van der Waals surface area contributed by atoms with E-state index in [9.17, 15) is 0 Å². The molecule has 0 aliphatic carbocycles. The lowest BCUT2D eigenvalue weighted by atomic mass is 10.6. The van der Waals surface area contributed by atoms with Gasteiger partial charge in [-0.25, -0.2) is 0 Å². The Labute approximate surface area is 70.4 Å². The minimum absolute atomic E-state index is 0.141. The van der Waals surface area contributed by atoms with Crippen LogP contribution in [0.3, 0.4) is 0 Å². The summed E-state index contributed by atoms with van der Waals surface area (Å²) in [5.41, 5.74) is 0. The zero-order valence-electron chi connectivity index (χ0n) is 6.57. The van der Waals surface area contributed by atoms with E-state index in [-0.39, 0.29) is 11.6 Å². The molecule has 0 saturated carbocycles. The van der Waals surface area contributed by atoms with Gasteiger partial charge < -0.3 is 9.69 Å². The Hall–Kier alpha value is -2.07. The highest BCUT2D eigenvalue weighted by molar-refractivity contribution is 5.65. The number of aromatic nitrogens is 2. The zero-order valence-corrected chi connectivity index (χ0v) is 6.57. The lowest BCUT2D eigenvalue weighted by Gasteiger charge is -1.90. The highest BCUT2D eigenvalue weighted by atomic mass is 15.2. The number of hydrogen-bond donors (Lipinski definition) is 0. The van der Waals surface area contributed by atoms with Gasteiger partial charge in [-0.15, -0.1) is 0 Å². The van der Waals surface area contributed by atoms with Gasteiger partial charge >= 0.3 is 0 Å². The normalized spacial score (nSPS) is 8.58. The van der Waals surface area contributed by atoms with Crippen molar-refractivity contribution in [3.63, 3.8) is 0 Å². The van der Waals surface area contributed by atoms with Crippen LogP contribution in [0.4, 0.5) is 11.6 Å². The van der Waals surface area contributed by atoms with Crippen LogP contribution in [-0.2, 0) is 7.05 Å². The molecule has 1 heterocycles. The molecule has 4 heteroatoms. The Morgan fingerprint density at radius 1 is 1.50 bits per heavy atom. The van der Waals surface area contributed by atoms with Gasteiger partial charge in [-0.1, -0.05) is 24.7 Å². The molecule has 0 bridgehead atoms. The molecule has 0 radical (unpaired) electrons. The van der Waals surface area contributed by atoms with E-state index in [4.69, 9.17) is 13.1 Å². The first-order valence-corrected chi connectivity index (χ1v) is 3.18. The van der Waals surface area contributed by atoms with Crippen LogP contribution in [0.5, 0.6) is 0 Å². The fraction of sp³-hybridized carbons (Fsp3) is 0.125. The van der Waals surface area contributed by atoms with Crippen molar-refractivity contribution in [3.8, 4) is 0 Å². The molecule has 4 nitrogen and oxygen atoms in total. The third kappa shape index (κ3) is 0.959. The van der Waals surface area contributed by atoms with Crippen LogP contribution < -0.4 is 0 Å². The first-order valence-electron chi connectivity index (χ1n) is 3.18. The van der Waals surface area contributed by atoms with E-state index in [0.29, 0.717) is 5.82 Å². The smallest absolute Gasteiger partial charge is 0.293 e. The van der Waals surface area contributed by atoms with Crippen molar-refractivity contribution in [1.29, 1.82) is 0 Å². The van der Waals surface area contributed by atoms with Gasteiger partial charge in [0.25, 0.3) is 17.5 Å². The monoisotopic (exact) mass is 158 g/mol. The number of nitrogens with zero attached hydrogens (tertiary/aromatic N) is 4. The maximum absolute atomic E-state index is 6.80. The van der Waals surface area contributed by atoms with Gasteiger partial charge in [-0.2, -0.15) is 0 Å². The van der Waals surface area contributed by atoms with Crippen molar-refractivity contribution >= 4 is 17.7 Å². The highest BCUT2D eigenvalue weighted by Crippen LogP contribution is 2.27. The molecule has 0 aromatic carbocycles. The summed E-state index contributed by atoms with van der Waals surface area (Å²) in [6, 6.07) is 0. The van der Waals surface area contributed by atoms with Gasteiger partial charge in [-0.05, 0) is 0 Å². The minimum Gasteiger partial charge on any atom is -0.373 e. The fourth-order valence-corrected chi connectivity index (χ4v) is 0.875. The van der Waals surface area contributed by atoms with E-state index in [1.807, 2.05) is 0 Å². The third-order valence-corrected chi connectivity index (χ3v) is 1.48. The zero-order chi connectivity index (χ0) is 9.14. The molecule has 58 valence electrons. The molecule has 0 N–H and O–H groups in total. The highest BCUT2D eigenvalue weighted by Gasteiger charge is 2.15. The largest absolute Gasteiger partial charge is 0.373 e. The molecule has 1 aromatic heterocycles. The van der Waals surface area contributed by atoms with E-state index in [2.05, 4.69) is 21.3 Å². The summed E-state index contributed by atoms with van der Waals surface area (Å²) in [4.78, 5) is 10.2. The molecule has 0 spiro atoms. The van der Waals surface area contributed by atoms with Gasteiger partial charge in [0.15, 0.2) is 0 Å². The van der Waals surface area contributed by atoms with Crippen molar-refractivity contribution in [1.82, 2.24) is 9.55 Å². The molecule has 0 unspecified atom stereocenters. The fourth-order valence-electron chi connectivity index (χ4n) is 0.875. The number of hydrogen-bond acceptors (Lipinski definition) is 1. The average Bonchev–Trinajstić information content (AvgIpc) is 2.41. The van der Waals surface area contributed by atoms with E-state index in [1.165, 1.54) is 6.08 Å². The van der Waals surface area contributed by atoms with E-state index < -0.39 is 0 Å². The summed E-state index contributed by atoms with van der Waals surface area (Å²) in [5, 5.41) is 0. The second kappa shape index (κ2) is 2.89. The van der Waals surface area contributed by atoms with Gasteiger partial charge in [0.05, 0.1) is 7.05 Å². The molecule has 1 aromatic rings. The van der Waals surface area contributed by atoms with Crippen LogP contribution >= 0.6 is 0 Å². The Morgan fingerprint density at radius 2 is 2.17 bits per heavy atom. The van der Waals surface area contributed by atoms with Gasteiger partial charge in [-0.3, -0.25) is 4.57 Å². The average molecular weight is 158 g/mol. The predicted molar refractivity (Wildman–Crippen MR) is 45.8 cm³/mol. The van der Waals surface area contributed by atoms with Crippen LogP contribution in [0.15, 0.2) is 6.58 Å². The summed E-state index contributed by atoms with van der Waals surface area (Å²) in [5.74, 6) is 0.953. The van der Waals surface area contributed by atoms with Crippen LogP contribution in [0, 0.1) is 13.1 Å². The minimum atomic E-state index is 0.141. The summed E-state index contributed by atoms with van der Waals surface area (Å²) >= 11 is 0. The predicted octanol–water partition coefficient (Wildman–Crippen LogP) is 2.16. The second-order valence-electron chi connectivity index (χ2n) is 2.10. The Balaban J connectivity index is 3.47. The van der Waals surface area contributed by atoms with Gasteiger partial charge in [0.2, 0.25) is 0 Å². The van der Waals surface area contributed by atoms with E-state index in [1.54, 1.807) is 11.6 Å². The molecular formula is C8H6N4. The molecule has 0 aliphatic rings. The quantitative estimate of drug-likeness (QED) is 0.575. The van der Waals surface area contributed by atoms with Crippen molar-refractivity contribution in [2.75, 3.05) is 0 Å². The number of imidazole rings is 1. The molecule has 1 rings (SSSR count). The van der Waals surface area contributed by atoms with Crippen LogP contribution in [-0.4, -0.2) is 9.55 Å². The Bertz CT molecular complexity index is 400. The molecule has 0 saturated heterocycles. The first kappa shape index (κ1) is 8.03. The lowest BCUT2D eigenvalue weighted by Crippen LogP contribution is -1.88. The van der Waals surface area contributed by atoms with E-state index >= 15 is 0 Å². The maximum atomic E-state index is 6.80. The molecule has 0 fully saturated rings. The van der Waals surface area contributed by atoms with Crippen LogP contribution in [0.1, 0.15) is 5.82 Å². The molecular weight excluding hydrogens is 152 g/mol. The summed E-state index contributed by atoms with van der Waals surface area (Å²) in [6.45, 7) is 17.1. The lowest BCUT2D eigenvalue weighted by molar-refractivity contribution is 0.913. The summed E-state index contributed by atoms with van der Waals surface area (Å²) in [7, 11) is 1.69. The summed E-state index contributed by atoms with van der Waals surface area (Å²) < 4.78 is 1.55. The molecule has 12 heavy (non-hydrogen) atoms. The Morgan fingerprint density at radius 3 is 2.50 bits per heavy atom. The van der Waals surface area contributed by atoms with Crippen molar-refractivity contribution in [2.24, 2.45) is 7.05 Å². The SMILES string of the molecule is [C-]#[N+]c1nc(C=C)n(C)c1[N+]#[C-]. The van der Waals surface area contributed by atoms with Gasteiger partial charge in [0.1, 0.15) is 0 Å². The Kier molecular flexibility index (Phi) is 1.94. The van der Waals surface area contributed by atoms with E-state index in [0.717, 1.165) is 0 Å². The second-order valence-corrected chi connectivity index (χ2v) is 2.10. The number of rotatable bonds is 1. The first-order chi connectivity index (χ1) is 5.74. The molecule has 0 aliphatic heterocycles. The summed E-state index contributed by atoms with van der Waals surface area (Å²) in [6.07, 6.45) is 1.52. The molecule has 0 atom stereocenters. The van der Waals surface area contributed by atoms with Crippen LogP contribution in [0.25, 0.3) is 15.8 Å².